The average Bonchev–Trinajstić information content (AvgIpc) is 2.88. The zero-order chi connectivity index (χ0) is 26.8. The molecule has 2 aromatic heterocycles. The van der Waals surface area contributed by atoms with Gasteiger partial charge in [0.25, 0.3) is 0 Å². The maximum atomic E-state index is 9.81. The summed E-state index contributed by atoms with van der Waals surface area (Å²) in [5, 5.41) is 9.81. The number of hydrogen-bond acceptors (Lipinski definition) is 9. The Morgan fingerprint density at radius 3 is 2.03 bits per heavy atom. The fourth-order valence-electron chi connectivity index (χ4n) is 3.46. The number of pyridine rings is 2. The molecule has 0 aliphatic carbocycles. The van der Waals surface area contributed by atoms with Crippen LogP contribution in [0.25, 0.3) is 22.5 Å². The highest BCUT2D eigenvalue weighted by Crippen LogP contribution is 2.36. The van der Waals surface area contributed by atoms with E-state index in [1.54, 1.807) is 56.7 Å². The van der Waals surface area contributed by atoms with E-state index in [0.29, 0.717) is 35.2 Å². The number of likely N-dealkylation sites (N-methyl/N-ethyl adjacent to an activating group) is 1. The van der Waals surface area contributed by atoms with Gasteiger partial charge in [0, 0.05) is 18.2 Å². The predicted molar refractivity (Wildman–Crippen MR) is 147 cm³/mol. The lowest BCUT2D eigenvalue weighted by Crippen LogP contribution is -2.19. The Balaban J connectivity index is 0.000000213. The molecule has 0 unspecified atom stereocenters. The molecule has 0 saturated carbocycles. The Morgan fingerprint density at radius 2 is 1.41 bits per heavy atom. The molecule has 2 aromatic carbocycles. The second kappa shape index (κ2) is 13.0. The zero-order valence-electron chi connectivity index (χ0n) is 21.5. The van der Waals surface area contributed by atoms with Crippen LogP contribution in [0.1, 0.15) is 0 Å². The van der Waals surface area contributed by atoms with Gasteiger partial charge in [0.15, 0.2) is 0 Å². The number of benzene rings is 2. The molecule has 5 N–H and O–H groups in total. The van der Waals surface area contributed by atoms with Gasteiger partial charge >= 0.3 is 0 Å². The number of phenolic OH excluding ortho intramolecular Hbond substituents is 1. The first-order valence-corrected chi connectivity index (χ1v) is 11.6. The molecular formula is C28H33N5O4. The predicted octanol–water partition coefficient (Wildman–Crippen LogP) is 4.32. The first-order valence-electron chi connectivity index (χ1n) is 11.6. The van der Waals surface area contributed by atoms with Crippen molar-refractivity contribution in [3.05, 3.63) is 72.8 Å². The average molecular weight is 504 g/mol. The minimum absolute atomic E-state index is 0.123. The standard InChI is InChI=1S/C16H21N3O2.C12H12N2O2/c1-19(2)9-10-21-12-7-8-13(15(11-12)20-3)14-5-4-6-16(17)18-14;1-16-10-6-3-5-9(15)12(10)8-4-2-7-11(13)14-8/h4-8,11H,9-10H2,1-3H3,(H2,17,18);2-7,15H,1H3,(H2,13,14). The minimum Gasteiger partial charge on any atom is -0.507 e. The summed E-state index contributed by atoms with van der Waals surface area (Å²) in [6.45, 7) is 1.49. The molecule has 4 rings (SSSR count). The molecular weight excluding hydrogens is 470 g/mol. The van der Waals surface area contributed by atoms with Crippen LogP contribution in [0.5, 0.6) is 23.0 Å². The van der Waals surface area contributed by atoms with Crippen molar-refractivity contribution in [2.24, 2.45) is 0 Å². The van der Waals surface area contributed by atoms with Gasteiger partial charge < -0.3 is 35.7 Å². The van der Waals surface area contributed by atoms with Crippen LogP contribution in [0, 0.1) is 0 Å². The summed E-state index contributed by atoms with van der Waals surface area (Å²) in [6.07, 6.45) is 0. The first-order chi connectivity index (χ1) is 17.8. The van der Waals surface area contributed by atoms with E-state index in [2.05, 4.69) is 14.9 Å². The van der Waals surface area contributed by atoms with Gasteiger partial charge in [0.2, 0.25) is 0 Å². The quantitative estimate of drug-likeness (QED) is 0.322. The number of anilines is 2. The van der Waals surface area contributed by atoms with Crippen LogP contribution in [0.2, 0.25) is 0 Å². The van der Waals surface area contributed by atoms with Crippen LogP contribution < -0.4 is 25.7 Å². The molecule has 37 heavy (non-hydrogen) atoms. The van der Waals surface area contributed by atoms with E-state index in [4.69, 9.17) is 25.7 Å². The summed E-state index contributed by atoms with van der Waals surface area (Å²) in [4.78, 5) is 10.5. The lowest BCUT2D eigenvalue weighted by molar-refractivity contribution is 0.260. The molecule has 0 aliphatic rings. The largest absolute Gasteiger partial charge is 0.507 e. The Bertz CT molecular complexity index is 1310. The lowest BCUT2D eigenvalue weighted by atomic mass is 10.1. The van der Waals surface area contributed by atoms with Gasteiger partial charge in [-0.1, -0.05) is 18.2 Å². The number of hydrogen-bond donors (Lipinski definition) is 3. The zero-order valence-corrected chi connectivity index (χ0v) is 21.5. The lowest BCUT2D eigenvalue weighted by Gasteiger charge is -2.13. The third-order valence-electron chi connectivity index (χ3n) is 5.28. The van der Waals surface area contributed by atoms with Gasteiger partial charge in [-0.05, 0) is 62.6 Å². The summed E-state index contributed by atoms with van der Waals surface area (Å²) in [5.74, 6) is 3.08. The Morgan fingerprint density at radius 1 is 0.784 bits per heavy atom. The van der Waals surface area contributed by atoms with Gasteiger partial charge in [0.05, 0.1) is 31.2 Å². The fraction of sp³-hybridized carbons (Fsp3) is 0.214. The molecule has 2 heterocycles. The van der Waals surface area contributed by atoms with Crippen molar-refractivity contribution in [1.82, 2.24) is 14.9 Å². The number of nitrogens with zero attached hydrogens (tertiary/aromatic N) is 3. The van der Waals surface area contributed by atoms with E-state index in [0.717, 1.165) is 29.3 Å². The molecule has 0 aliphatic heterocycles. The minimum atomic E-state index is 0.123. The molecule has 0 bridgehead atoms. The molecule has 0 spiro atoms. The maximum absolute atomic E-state index is 9.81. The van der Waals surface area contributed by atoms with E-state index in [9.17, 15) is 5.11 Å². The monoisotopic (exact) mass is 503 g/mol. The summed E-state index contributed by atoms with van der Waals surface area (Å²) in [7, 11) is 7.20. The number of aromatic hydroxyl groups is 1. The highest BCUT2D eigenvalue weighted by Gasteiger charge is 2.12. The van der Waals surface area contributed by atoms with Crippen molar-refractivity contribution >= 4 is 11.6 Å². The van der Waals surface area contributed by atoms with Gasteiger partial charge in [-0.25, -0.2) is 9.97 Å². The SMILES string of the molecule is COc1cc(OCCN(C)C)ccc1-c1cccc(N)n1.COc1cccc(O)c1-c1cccc(N)n1. The van der Waals surface area contributed by atoms with Crippen LogP contribution >= 0.6 is 0 Å². The number of nitrogen functional groups attached to an aromatic ring is 2. The smallest absolute Gasteiger partial charge is 0.132 e. The Kier molecular flexibility index (Phi) is 9.51. The highest BCUT2D eigenvalue weighted by atomic mass is 16.5. The topological polar surface area (TPSA) is 129 Å². The number of phenols is 1. The van der Waals surface area contributed by atoms with Crippen LogP contribution in [0.3, 0.4) is 0 Å². The van der Waals surface area contributed by atoms with Gasteiger partial charge in [-0.3, -0.25) is 0 Å². The fourth-order valence-corrected chi connectivity index (χ4v) is 3.46. The van der Waals surface area contributed by atoms with Crippen LogP contribution in [0.4, 0.5) is 11.6 Å². The van der Waals surface area contributed by atoms with Crippen molar-refractivity contribution < 1.29 is 19.3 Å². The number of nitrogens with two attached hydrogens (primary N) is 2. The third-order valence-corrected chi connectivity index (χ3v) is 5.28. The van der Waals surface area contributed by atoms with Crippen molar-refractivity contribution in [3.8, 4) is 45.5 Å². The van der Waals surface area contributed by atoms with Crippen molar-refractivity contribution in [1.29, 1.82) is 0 Å². The summed E-state index contributed by atoms with van der Waals surface area (Å²) >= 11 is 0. The Labute approximate surface area is 217 Å². The van der Waals surface area contributed by atoms with Crippen LogP contribution in [-0.2, 0) is 0 Å². The molecule has 0 amide bonds. The molecule has 4 aromatic rings. The number of rotatable bonds is 8. The van der Waals surface area contributed by atoms with E-state index in [-0.39, 0.29) is 5.75 Å². The van der Waals surface area contributed by atoms with Crippen molar-refractivity contribution in [2.75, 3.05) is 52.9 Å². The van der Waals surface area contributed by atoms with Crippen molar-refractivity contribution in [3.63, 3.8) is 0 Å². The molecule has 0 atom stereocenters. The second-order valence-corrected chi connectivity index (χ2v) is 8.26. The number of aromatic nitrogens is 2. The van der Waals surface area contributed by atoms with Crippen LogP contribution in [-0.4, -0.2) is 61.4 Å². The van der Waals surface area contributed by atoms with E-state index in [1.807, 2.05) is 44.4 Å². The van der Waals surface area contributed by atoms with Gasteiger partial charge in [0.1, 0.15) is 41.2 Å². The molecule has 0 radical (unpaired) electrons. The summed E-state index contributed by atoms with van der Waals surface area (Å²) < 4.78 is 16.3. The molecule has 194 valence electrons. The number of methoxy groups -OCH3 is 2. The first kappa shape index (κ1) is 27.1. The third kappa shape index (κ3) is 7.49. The number of ether oxygens (including phenoxy) is 3. The normalized spacial score (nSPS) is 10.4. The summed E-state index contributed by atoms with van der Waals surface area (Å²) in [6, 6.07) is 21.6. The highest BCUT2D eigenvalue weighted by molar-refractivity contribution is 5.74. The van der Waals surface area contributed by atoms with E-state index < -0.39 is 0 Å². The second-order valence-electron chi connectivity index (χ2n) is 8.26. The molecule has 0 fully saturated rings. The Hall–Kier alpha value is -4.50. The van der Waals surface area contributed by atoms with Gasteiger partial charge in [-0.15, -0.1) is 0 Å². The van der Waals surface area contributed by atoms with E-state index >= 15 is 0 Å². The maximum Gasteiger partial charge on any atom is 0.132 e. The van der Waals surface area contributed by atoms with Gasteiger partial charge in [-0.2, -0.15) is 0 Å². The molecule has 9 heteroatoms. The molecule has 0 saturated heterocycles. The van der Waals surface area contributed by atoms with Crippen molar-refractivity contribution in [2.45, 2.75) is 0 Å². The molecule has 9 nitrogen and oxygen atoms in total. The summed E-state index contributed by atoms with van der Waals surface area (Å²) in [5.41, 5.74) is 14.2. The van der Waals surface area contributed by atoms with E-state index in [1.165, 1.54) is 0 Å². The van der Waals surface area contributed by atoms with Crippen LogP contribution in [0.15, 0.2) is 72.8 Å².